The maximum atomic E-state index is 5.81. The van der Waals surface area contributed by atoms with Gasteiger partial charge in [-0.2, -0.15) is 0 Å². The van der Waals surface area contributed by atoms with Crippen molar-refractivity contribution in [1.82, 2.24) is 14.8 Å². The zero-order valence-electron chi connectivity index (χ0n) is 16.7. The summed E-state index contributed by atoms with van der Waals surface area (Å²) in [6, 6.07) is 20.6. The summed E-state index contributed by atoms with van der Waals surface area (Å²) in [6.07, 6.45) is 2.13. The Morgan fingerprint density at radius 2 is 1.79 bits per heavy atom. The Balaban J connectivity index is 1.63. The number of methoxy groups -OCH3 is 2. The van der Waals surface area contributed by atoms with Crippen LogP contribution in [0.1, 0.15) is 22.9 Å². The normalized spacial score (nSPS) is 15.5. The van der Waals surface area contributed by atoms with Gasteiger partial charge in [0, 0.05) is 31.5 Å². The minimum Gasteiger partial charge on any atom is -0.493 e. The molecule has 1 aliphatic heterocycles. The van der Waals surface area contributed by atoms with Crippen LogP contribution in [-0.4, -0.2) is 35.3 Å². The molecular formula is C23H25N3O2S. The van der Waals surface area contributed by atoms with Gasteiger partial charge in [0.1, 0.15) is 0 Å². The molecule has 1 unspecified atom stereocenters. The highest BCUT2D eigenvalue weighted by Gasteiger charge is 2.31. The van der Waals surface area contributed by atoms with Crippen LogP contribution < -0.4 is 14.8 Å². The molecule has 2 aromatic carbocycles. The number of nitrogens with one attached hydrogen (secondary N) is 1. The number of ether oxygens (including phenoxy) is 2. The molecule has 1 atom stereocenters. The van der Waals surface area contributed by atoms with E-state index in [-0.39, 0.29) is 6.04 Å². The lowest BCUT2D eigenvalue weighted by molar-refractivity contribution is 0.284. The number of thiocarbonyl (C=S) groups is 1. The van der Waals surface area contributed by atoms with Crippen LogP contribution in [-0.2, 0) is 13.1 Å². The van der Waals surface area contributed by atoms with Crippen molar-refractivity contribution in [2.75, 3.05) is 20.8 Å². The number of hydrogen-bond donors (Lipinski definition) is 1. The van der Waals surface area contributed by atoms with Gasteiger partial charge in [0.15, 0.2) is 16.6 Å². The fraction of sp³-hybridized carbons (Fsp3) is 0.261. The molecule has 0 amide bonds. The maximum Gasteiger partial charge on any atom is 0.170 e. The van der Waals surface area contributed by atoms with Crippen LogP contribution in [0.25, 0.3) is 0 Å². The Morgan fingerprint density at radius 1 is 1.00 bits per heavy atom. The van der Waals surface area contributed by atoms with E-state index >= 15 is 0 Å². The number of hydrogen-bond acceptors (Lipinski definition) is 3. The first-order valence-electron chi connectivity index (χ1n) is 9.66. The maximum absolute atomic E-state index is 5.81. The summed E-state index contributed by atoms with van der Waals surface area (Å²) in [5.41, 5.74) is 3.54. The zero-order valence-corrected chi connectivity index (χ0v) is 17.5. The molecular weight excluding hydrogens is 382 g/mol. The topological polar surface area (TPSA) is 38.7 Å². The molecule has 29 heavy (non-hydrogen) atoms. The Kier molecular flexibility index (Phi) is 5.71. The smallest absolute Gasteiger partial charge is 0.170 e. The van der Waals surface area contributed by atoms with Crippen molar-refractivity contribution in [3.63, 3.8) is 0 Å². The van der Waals surface area contributed by atoms with Crippen LogP contribution in [0.4, 0.5) is 0 Å². The number of fused-ring (bicyclic) bond motifs is 1. The molecule has 1 N–H and O–H groups in total. The summed E-state index contributed by atoms with van der Waals surface area (Å²) in [5.74, 6) is 1.44. The Morgan fingerprint density at radius 3 is 2.55 bits per heavy atom. The lowest BCUT2D eigenvalue weighted by Crippen LogP contribution is -2.46. The van der Waals surface area contributed by atoms with E-state index in [1.807, 2.05) is 30.3 Å². The van der Waals surface area contributed by atoms with E-state index in [0.29, 0.717) is 6.54 Å². The first-order valence-corrected chi connectivity index (χ1v) is 10.1. The Bertz CT molecular complexity index is 987. The zero-order chi connectivity index (χ0) is 20.2. The van der Waals surface area contributed by atoms with Gasteiger partial charge in [0.2, 0.25) is 0 Å². The van der Waals surface area contributed by atoms with Gasteiger partial charge in [-0.05, 0) is 47.6 Å². The van der Waals surface area contributed by atoms with E-state index in [1.54, 1.807) is 14.2 Å². The molecule has 0 saturated heterocycles. The van der Waals surface area contributed by atoms with Gasteiger partial charge in [-0.15, -0.1) is 0 Å². The van der Waals surface area contributed by atoms with Crippen molar-refractivity contribution in [2.24, 2.45) is 0 Å². The lowest BCUT2D eigenvalue weighted by Gasteiger charge is -2.39. The molecule has 2 heterocycles. The molecule has 6 heteroatoms. The molecule has 0 aliphatic carbocycles. The summed E-state index contributed by atoms with van der Waals surface area (Å²) in [4.78, 5) is 2.26. The molecule has 0 spiro atoms. The van der Waals surface area contributed by atoms with Gasteiger partial charge in [0.05, 0.1) is 20.3 Å². The summed E-state index contributed by atoms with van der Waals surface area (Å²) in [6.45, 7) is 2.44. The third-order valence-electron chi connectivity index (χ3n) is 5.31. The van der Waals surface area contributed by atoms with Crippen LogP contribution >= 0.6 is 12.2 Å². The molecule has 150 valence electrons. The van der Waals surface area contributed by atoms with E-state index in [9.17, 15) is 0 Å². The fourth-order valence-corrected chi connectivity index (χ4v) is 4.12. The summed E-state index contributed by atoms with van der Waals surface area (Å²) in [7, 11) is 3.31. The van der Waals surface area contributed by atoms with Crippen molar-refractivity contribution in [3.8, 4) is 11.5 Å². The molecule has 0 saturated carbocycles. The average molecular weight is 408 g/mol. The minimum atomic E-state index is 0.00864. The van der Waals surface area contributed by atoms with E-state index < -0.39 is 0 Å². The van der Waals surface area contributed by atoms with Gasteiger partial charge in [-0.25, -0.2) is 0 Å². The van der Waals surface area contributed by atoms with E-state index in [1.165, 1.54) is 11.3 Å². The quantitative estimate of drug-likeness (QED) is 0.648. The number of nitrogens with zero attached hydrogens (tertiary/aromatic N) is 2. The van der Waals surface area contributed by atoms with E-state index in [4.69, 9.17) is 21.7 Å². The highest BCUT2D eigenvalue weighted by molar-refractivity contribution is 7.80. The Hall–Kier alpha value is -2.99. The molecule has 4 rings (SSSR count). The van der Waals surface area contributed by atoms with Crippen molar-refractivity contribution in [3.05, 3.63) is 83.7 Å². The molecule has 0 bridgehead atoms. The van der Waals surface area contributed by atoms with Gasteiger partial charge in [-0.3, -0.25) is 0 Å². The lowest BCUT2D eigenvalue weighted by atomic mass is 9.99. The largest absolute Gasteiger partial charge is 0.493 e. The van der Waals surface area contributed by atoms with E-state index in [0.717, 1.165) is 35.3 Å². The highest BCUT2D eigenvalue weighted by atomic mass is 32.1. The third-order valence-corrected chi connectivity index (χ3v) is 5.69. The van der Waals surface area contributed by atoms with Gasteiger partial charge in [-0.1, -0.05) is 36.4 Å². The summed E-state index contributed by atoms with van der Waals surface area (Å²) in [5, 5.41) is 4.19. The van der Waals surface area contributed by atoms with Crippen molar-refractivity contribution in [2.45, 2.75) is 19.1 Å². The monoisotopic (exact) mass is 407 g/mol. The number of rotatable bonds is 5. The van der Waals surface area contributed by atoms with Crippen LogP contribution in [0.2, 0.25) is 0 Å². The van der Waals surface area contributed by atoms with Crippen molar-refractivity contribution >= 4 is 17.3 Å². The molecule has 1 aromatic heterocycles. The summed E-state index contributed by atoms with van der Waals surface area (Å²) >= 11 is 5.81. The highest BCUT2D eigenvalue weighted by Crippen LogP contribution is 2.37. The second-order valence-corrected chi connectivity index (χ2v) is 7.37. The Labute approximate surface area is 176 Å². The van der Waals surface area contributed by atoms with Gasteiger partial charge >= 0.3 is 0 Å². The molecule has 0 fully saturated rings. The molecule has 0 radical (unpaired) electrons. The van der Waals surface area contributed by atoms with Crippen LogP contribution in [0.5, 0.6) is 11.5 Å². The molecule has 5 nitrogen and oxygen atoms in total. The predicted molar refractivity (Wildman–Crippen MR) is 118 cm³/mol. The van der Waals surface area contributed by atoms with Crippen LogP contribution in [0, 0.1) is 0 Å². The second-order valence-electron chi connectivity index (χ2n) is 6.98. The summed E-state index contributed by atoms with van der Waals surface area (Å²) < 4.78 is 13.2. The van der Waals surface area contributed by atoms with Crippen molar-refractivity contribution < 1.29 is 9.47 Å². The molecule has 3 aromatic rings. The van der Waals surface area contributed by atoms with E-state index in [2.05, 4.69) is 51.3 Å². The first-order chi connectivity index (χ1) is 14.2. The average Bonchev–Trinajstić information content (AvgIpc) is 3.26. The second kappa shape index (κ2) is 8.57. The standard InChI is InChI=1S/C23H25N3O2S/c1-27-20-11-10-18(15-21(20)28-2)22-19-9-6-12-25(19)13-14-26(22)23(29)24-16-17-7-4-3-5-8-17/h3-12,15,22H,13-14,16H2,1-2H3,(H,24,29). The SMILES string of the molecule is COc1ccc(C2c3cccn3CCN2C(=S)NCc2ccccc2)cc1OC. The van der Waals surface area contributed by atoms with Crippen LogP contribution in [0.15, 0.2) is 66.9 Å². The third kappa shape index (κ3) is 3.93. The van der Waals surface area contributed by atoms with Gasteiger partial charge in [0.25, 0.3) is 0 Å². The number of benzene rings is 2. The van der Waals surface area contributed by atoms with Crippen LogP contribution in [0.3, 0.4) is 0 Å². The predicted octanol–water partition coefficient (Wildman–Crippen LogP) is 3.99. The number of aromatic nitrogens is 1. The first kappa shape index (κ1) is 19.3. The van der Waals surface area contributed by atoms with Crippen molar-refractivity contribution in [1.29, 1.82) is 0 Å². The van der Waals surface area contributed by atoms with Gasteiger partial charge < -0.3 is 24.3 Å². The molecule has 1 aliphatic rings. The fourth-order valence-electron chi connectivity index (χ4n) is 3.85. The minimum absolute atomic E-state index is 0.00864.